The molecule has 1 rings (SSSR count). The first-order valence-corrected chi connectivity index (χ1v) is 6.20. The fourth-order valence-corrected chi connectivity index (χ4v) is 1.91. The maximum absolute atomic E-state index is 12.2. The molecule has 1 aliphatic rings. The van der Waals surface area contributed by atoms with Crippen LogP contribution in [0, 0.1) is 5.92 Å². The van der Waals surface area contributed by atoms with Crippen LogP contribution in [-0.2, 0) is 4.79 Å². The zero-order valence-corrected chi connectivity index (χ0v) is 11.2. The van der Waals surface area contributed by atoms with Gasteiger partial charge in [0.05, 0.1) is 0 Å². The summed E-state index contributed by atoms with van der Waals surface area (Å²) in [6, 6.07) is -0.626. The summed E-state index contributed by atoms with van der Waals surface area (Å²) in [5.74, 6) is 0.153. The van der Waals surface area contributed by atoms with Crippen LogP contribution in [0.5, 0.6) is 0 Å². The SMILES string of the molecule is CC(C)[C@H](NC(=O)N(C)C)C(=O)N1CCCC1. The molecule has 17 heavy (non-hydrogen) atoms. The standard InChI is InChI=1S/C12H23N3O2/c1-9(2)10(13-12(17)14(3)4)11(16)15-7-5-6-8-15/h9-10H,5-8H2,1-4H3,(H,13,17)/t10-/m0/s1. The maximum Gasteiger partial charge on any atom is 0.317 e. The van der Waals surface area contributed by atoms with Gasteiger partial charge in [0.15, 0.2) is 0 Å². The molecule has 0 aliphatic carbocycles. The first-order chi connectivity index (χ1) is 7.93. The van der Waals surface area contributed by atoms with Gasteiger partial charge in [-0.3, -0.25) is 4.79 Å². The van der Waals surface area contributed by atoms with E-state index in [4.69, 9.17) is 0 Å². The largest absolute Gasteiger partial charge is 0.341 e. The van der Waals surface area contributed by atoms with E-state index in [0.717, 1.165) is 25.9 Å². The van der Waals surface area contributed by atoms with Crippen LogP contribution in [0.1, 0.15) is 26.7 Å². The zero-order valence-electron chi connectivity index (χ0n) is 11.2. The van der Waals surface area contributed by atoms with Crippen LogP contribution in [-0.4, -0.2) is 55.0 Å². The van der Waals surface area contributed by atoms with E-state index in [9.17, 15) is 9.59 Å². The summed E-state index contributed by atoms with van der Waals surface area (Å²) in [6.07, 6.45) is 2.14. The lowest BCUT2D eigenvalue weighted by atomic mass is 10.0. The van der Waals surface area contributed by atoms with Gasteiger partial charge < -0.3 is 15.1 Å². The fourth-order valence-electron chi connectivity index (χ4n) is 1.91. The number of nitrogens with zero attached hydrogens (tertiary/aromatic N) is 2. The molecular weight excluding hydrogens is 218 g/mol. The van der Waals surface area contributed by atoms with E-state index in [2.05, 4.69) is 5.32 Å². The van der Waals surface area contributed by atoms with Crippen LogP contribution < -0.4 is 5.32 Å². The smallest absolute Gasteiger partial charge is 0.317 e. The topological polar surface area (TPSA) is 52.7 Å². The molecule has 0 aromatic carbocycles. The average molecular weight is 241 g/mol. The van der Waals surface area contributed by atoms with Crippen molar-refractivity contribution < 1.29 is 9.59 Å². The van der Waals surface area contributed by atoms with Crippen LogP contribution in [0.15, 0.2) is 0 Å². The molecule has 0 aromatic rings. The van der Waals surface area contributed by atoms with Gasteiger partial charge in [-0.2, -0.15) is 0 Å². The lowest BCUT2D eigenvalue weighted by Gasteiger charge is -2.27. The van der Waals surface area contributed by atoms with Crippen molar-refractivity contribution in [1.29, 1.82) is 0 Å². The number of amides is 3. The highest BCUT2D eigenvalue weighted by Crippen LogP contribution is 2.13. The fraction of sp³-hybridized carbons (Fsp3) is 0.833. The van der Waals surface area contributed by atoms with E-state index in [1.165, 1.54) is 4.90 Å². The van der Waals surface area contributed by atoms with Crippen LogP contribution in [0.3, 0.4) is 0 Å². The van der Waals surface area contributed by atoms with E-state index >= 15 is 0 Å². The number of likely N-dealkylation sites (tertiary alicyclic amines) is 1. The number of hydrogen-bond donors (Lipinski definition) is 1. The highest BCUT2D eigenvalue weighted by atomic mass is 16.2. The molecule has 3 amide bonds. The summed E-state index contributed by atoms with van der Waals surface area (Å²) in [4.78, 5) is 27.2. The second kappa shape index (κ2) is 5.89. The van der Waals surface area contributed by atoms with E-state index in [0.29, 0.717) is 0 Å². The van der Waals surface area contributed by atoms with Gasteiger partial charge in [0.1, 0.15) is 6.04 Å². The second-order valence-corrected chi connectivity index (χ2v) is 5.10. The molecular formula is C12H23N3O2. The Morgan fingerprint density at radius 2 is 1.71 bits per heavy atom. The number of carbonyl (C=O) groups is 2. The molecule has 0 radical (unpaired) electrons. The quantitative estimate of drug-likeness (QED) is 0.798. The van der Waals surface area contributed by atoms with Crippen molar-refractivity contribution in [3.05, 3.63) is 0 Å². The highest BCUT2D eigenvalue weighted by Gasteiger charge is 2.30. The third-order valence-electron chi connectivity index (χ3n) is 3.04. The molecule has 5 heteroatoms. The van der Waals surface area contributed by atoms with Crippen molar-refractivity contribution in [2.45, 2.75) is 32.7 Å². The second-order valence-electron chi connectivity index (χ2n) is 5.10. The van der Waals surface area contributed by atoms with Crippen molar-refractivity contribution in [3.63, 3.8) is 0 Å². The molecule has 0 bridgehead atoms. The van der Waals surface area contributed by atoms with Crippen LogP contribution >= 0.6 is 0 Å². The number of urea groups is 1. The lowest BCUT2D eigenvalue weighted by molar-refractivity contribution is -0.133. The molecule has 98 valence electrons. The Bertz CT molecular complexity index is 283. The van der Waals surface area contributed by atoms with Gasteiger partial charge in [-0.1, -0.05) is 13.8 Å². The molecule has 0 unspecified atom stereocenters. The zero-order chi connectivity index (χ0) is 13.0. The van der Waals surface area contributed by atoms with Crippen molar-refractivity contribution >= 4 is 11.9 Å². The summed E-state index contributed by atoms with van der Waals surface area (Å²) in [7, 11) is 3.35. The molecule has 0 saturated carbocycles. The van der Waals surface area contributed by atoms with Gasteiger partial charge in [-0.15, -0.1) is 0 Å². The first-order valence-electron chi connectivity index (χ1n) is 6.20. The van der Waals surface area contributed by atoms with Crippen molar-refractivity contribution in [3.8, 4) is 0 Å². The molecule has 0 aromatic heterocycles. The third kappa shape index (κ3) is 3.61. The maximum atomic E-state index is 12.2. The van der Waals surface area contributed by atoms with Crippen LogP contribution in [0.4, 0.5) is 4.79 Å². The Morgan fingerprint density at radius 1 is 1.18 bits per heavy atom. The molecule has 1 saturated heterocycles. The molecule has 1 fully saturated rings. The van der Waals surface area contributed by atoms with Gasteiger partial charge in [-0.05, 0) is 18.8 Å². The first kappa shape index (κ1) is 13.8. The van der Waals surface area contributed by atoms with Gasteiger partial charge in [0.25, 0.3) is 0 Å². The van der Waals surface area contributed by atoms with Crippen molar-refractivity contribution in [2.24, 2.45) is 5.92 Å². The summed E-state index contributed by atoms with van der Waals surface area (Å²) < 4.78 is 0. The van der Waals surface area contributed by atoms with Gasteiger partial charge >= 0.3 is 6.03 Å². The van der Waals surface area contributed by atoms with Gasteiger partial charge in [0.2, 0.25) is 5.91 Å². The summed E-state index contributed by atoms with van der Waals surface area (Å²) in [5.41, 5.74) is 0. The van der Waals surface area contributed by atoms with Crippen LogP contribution in [0.2, 0.25) is 0 Å². The number of hydrogen-bond acceptors (Lipinski definition) is 2. The summed E-state index contributed by atoms with van der Waals surface area (Å²) >= 11 is 0. The normalized spacial score (nSPS) is 17.1. The number of carbonyl (C=O) groups excluding carboxylic acids is 2. The van der Waals surface area contributed by atoms with E-state index in [-0.39, 0.29) is 17.9 Å². The minimum Gasteiger partial charge on any atom is -0.341 e. The van der Waals surface area contributed by atoms with E-state index < -0.39 is 6.04 Å². The third-order valence-corrected chi connectivity index (χ3v) is 3.04. The number of rotatable bonds is 3. The molecule has 1 N–H and O–H groups in total. The minimum atomic E-state index is -0.414. The Hall–Kier alpha value is -1.26. The highest BCUT2D eigenvalue weighted by molar-refractivity contribution is 5.87. The van der Waals surface area contributed by atoms with Crippen LogP contribution in [0.25, 0.3) is 0 Å². The molecule has 5 nitrogen and oxygen atoms in total. The van der Waals surface area contributed by atoms with E-state index in [1.807, 2.05) is 18.7 Å². The summed E-state index contributed by atoms with van der Waals surface area (Å²) in [5, 5.41) is 2.79. The van der Waals surface area contributed by atoms with Crippen molar-refractivity contribution in [1.82, 2.24) is 15.1 Å². The Labute approximate surface area is 103 Å². The summed E-state index contributed by atoms with van der Waals surface area (Å²) in [6.45, 7) is 5.54. The molecule has 0 spiro atoms. The number of nitrogens with one attached hydrogen (secondary N) is 1. The molecule has 1 heterocycles. The Kier molecular flexibility index (Phi) is 4.78. The van der Waals surface area contributed by atoms with Gasteiger partial charge in [0, 0.05) is 27.2 Å². The monoisotopic (exact) mass is 241 g/mol. The predicted octanol–water partition coefficient (Wildman–Crippen LogP) is 0.905. The molecule has 1 atom stereocenters. The Balaban J connectivity index is 2.64. The average Bonchev–Trinajstić information content (AvgIpc) is 2.77. The Morgan fingerprint density at radius 3 is 2.12 bits per heavy atom. The minimum absolute atomic E-state index is 0.0488. The van der Waals surface area contributed by atoms with Crippen molar-refractivity contribution in [2.75, 3.05) is 27.2 Å². The lowest BCUT2D eigenvalue weighted by Crippen LogP contribution is -2.52. The predicted molar refractivity (Wildman–Crippen MR) is 66.7 cm³/mol. The van der Waals surface area contributed by atoms with Gasteiger partial charge in [-0.25, -0.2) is 4.79 Å². The molecule has 1 aliphatic heterocycles. The van der Waals surface area contributed by atoms with E-state index in [1.54, 1.807) is 14.1 Å².